The number of aliphatic hydroxyl groups is 1. The summed E-state index contributed by atoms with van der Waals surface area (Å²) in [6.07, 6.45) is 0.815. The van der Waals surface area contributed by atoms with Crippen LogP contribution in [0, 0.1) is 20.8 Å². The van der Waals surface area contributed by atoms with Crippen LogP contribution in [0.4, 0.5) is 0 Å². The Morgan fingerprint density at radius 1 is 1.10 bits per heavy atom. The van der Waals surface area contributed by atoms with Gasteiger partial charge in [0, 0.05) is 11.8 Å². The van der Waals surface area contributed by atoms with Crippen LogP contribution in [0.3, 0.4) is 0 Å². The summed E-state index contributed by atoms with van der Waals surface area (Å²) in [4.78, 5) is 4.47. The predicted molar refractivity (Wildman–Crippen MR) is 80.3 cm³/mol. The van der Waals surface area contributed by atoms with Crippen molar-refractivity contribution in [1.29, 1.82) is 0 Å². The Balaban J connectivity index is 2.42. The molecule has 0 aliphatic heterocycles. The minimum absolute atomic E-state index is 0.00232. The fraction of sp³-hybridized carbons (Fsp3) is 0.353. The normalized spacial score (nSPS) is 10.7. The van der Waals surface area contributed by atoms with Gasteiger partial charge in [0.15, 0.2) is 0 Å². The Morgan fingerprint density at radius 2 is 1.80 bits per heavy atom. The lowest BCUT2D eigenvalue weighted by Gasteiger charge is -2.14. The van der Waals surface area contributed by atoms with Crippen molar-refractivity contribution in [1.82, 2.24) is 4.98 Å². The third-order valence-corrected chi connectivity index (χ3v) is 3.54. The zero-order chi connectivity index (χ0) is 14.7. The van der Waals surface area contributed by atoms with Gasteiger partial charge in [0.05, 0.1) is 6.61 Å². The van der Waals surface area contributed by atoms with Gasteiger partial charge in [-0.1, -0.05) is 19.1 Å². The monoisotopic (exact) mass is 271 g/mol. The van der Waals surface area contributed by atoms with Crippen molar-refractivity contribution >= 4 is 0 Å². The van der Waals surface area contributed by atoms with Crippen molar-refractivity contribution in [2.24, 2.45) is 0 Å². The van der Waals surface area contributed by atoms with E-state index in [2.05, 4.69) is 18.0 Å². The molecule has 0 aliphatic carbocycles. The molecular formula is C17H21NO2. The largest absolute Gasteiger partial charge is 0.438 e. The summed E-state index contributed by atoms with van der Waals surface area (Å²) in [7, 11) is 0. The standard InChI is InChI=1S/C17H21NO2/c1-5-15-8-14(10-19)9-16(18-15)20-17-12(3)7-6-11(2)13(17)4/h6-9,19H,5,10H2,1-4H3. The Morgan fingerprint density at radius 3 is 2.45 bits per heavy atom. The first-order valence-electron chi connectivity index (χ1n) is 6.90. The van der Waals surface area contributed by atoms with Crippen LogP contribution in [0.5, 0.6) is 11.6 Å². The molecule has 20 heavy (non-hydrogen) atoms. The van der Waals surface area contributed by atoms with E-state index in [1.807, 2.05) is 32.9 Å². The highest BCUT2D eigenvalue weighted by molar-refractivity contribution is 5.46. The third-order valence-electron chi connectivity index (χ3n) is 3.54. The number of benzene rings is 1. The first-order valence-corrected chi connectivity index (χ1v) is 6.90. The Bertz CT molecular complexity index is 598. The maximum absolute atomic E-state index is 9.32. The van der Waals surface area contributed by atoms with Gasteiger partial charge in [0.2, 0.25) is 5.88 Å². The number of aromatic nitrogens is 1. The van der Waals surface area contributed by atoms with Crippen molar-refractivity contribution in [3.8, 4) is 11.6 Å². The molecule has 2 rings (SSSR count). The second-order valence-corrected chi connectivity index (χ2v) is 5.07. The van der Waals surface area contributed by atoms with Crippen molar-refractivity contribution < 1.29 is 9.84 Å². The summed E-state index contributed by atoms with van der Waals surface area (Å²) in [5, 5.41) is 9.32. The van der Waals surface area contributed by atoms with Crippen LogP contribution in [-0.4, -0.2) is 10.1 Å². The molecule has 0 atom stereocenters. The molecule has 1 heterocycles. The first kappa shape index (κ1) is 14.5. The van der Waals surface area contributed by atoms with Gasteiger partial charge in [-0.15, -0.1) is 0 Å². The molecule has 0 aliphatic rings. The Hall–Kier alpha value is -1.87. The molecule has 0 saturated heterocycles. The molecule has 0 spiro atoms. The minimum Gasteiger partial charge on any atom is -0.438 e. The van der Waals surface area contributed by atoms with Crippen LogP contribution >= 0.6 is 0 Å². The quantitative estimate of drug-likeness (QED) is 0.918. The summed E-state index contributed by atoms with van der Waals surface area (Å²) in [5.74, 6) is 1.40. The SMILES string of the molecule is CCc1cc(CO)cc(Oc2c(C)ccc(C)c2C)n1. The van der Waals surface area contributed by atoms with Crippen LogP contribution in [0.2, 0.25) is 0 Å². The Labute approximate surface area is 120 Å². The molecule has 3 nitrogen and oxygen atoms in total. The van der Waals surface area contributed by atoms with Gasteiger partial charge in [-0.05, 0) is 55.5 Å². The molecule has 0 saturated carbocycles. The van der Waals surface area contributed by atoms with Crippen molar-refractivity contribution in [3.05, 3.63) is 52.2 Å². The summed E-state index contributed by atoms with van der Waals surface area (Å²) in [5.41, 5.74) is 5.16. The lowest BCUT2D eigenvalue weighted by atomic mass is 10.1. The maximum Gasteiger partial charge on any atom is 0.219 e. The number of hydrogen-bond donors (Lipinski definition) is 1. The molecule has 0 radical (unpaired) electrons. The fourth-order valence-electron chi connectivity index (χ4n) is 2.13. The van der Waals surface area contributed by atoms with Crippen molar-refractivity contribution in [2.75, 3.05) is 0 Å². The van der Waals surface area contributed by atoms with Crippen molar-refractivity contribution in [2.45, 2.75) is 40.7 Å². The zero-order valence-corrected chi connectivity index (χ0v) is 12.5. The second-order valence-electron chi connectivity index (χ2n) is 5.07. The van der Waals surface area contributed by atoms with Crippen LogP contribution in [0.15, 0.2) is 24.3 Å². The summed E-state index contributed by atoms with van der Waals surface area (Å²) in [6, 6.07) is 7.84. The van der Waals surface area contributed by atoms with E-state index in [9.17, 15) is 5.11 Å². The summed E-state index contributed by atoms with van der Waals surface area (Å²) in [6.45, 7) is 8.18. The molecule has 2 aromatic rings. The van der Waals surface area contributed by atoms with Crippen LogP contribution in [0.1, 0.15) is 34.9 Å². The highest BCUT2D eigenvalue weighted by Gasteiger charge is 2.10. The third kappa shape index (κ3) is 2.99. The van der Waals surface area contributed by atoms with E-state index in [0.717, 1.165) is 34.6 Å². The molecule has 106 valence electrons. The lowest BCUT2D eigenvalue weighted by Crippen LogP contribution is -1.99. The van der Waals surface area contributed by atoms with E-state index in [0.29, 0.717) is 5.88 Å². The molecule has 0 bridgehead atoms. The van der Waals surface area contributed by atoms with Gasteiger partial charge in [-0.2, -0.15) is 0 Å². The highest BCUT2D eigenvalue weighted by Crippen LogP contribution is 2.30. The van der Waals surface area contributed by atoms with E-state index in [-0.39, 0.29) is 6.61 Å². The summed E-state index contributed by atoms with van der Waals surface area (Å²) >= 11 is 0. The first-order chi connectivity index (χ1) is 9.55. The molecular weight excluding hydrogens is 250 g/mol. The minimum atomic E-state index is -0.00232. The van der Waals surface area contributed by atoms with Gasteiger partial charge >= 0.3 is 0 Å². The van der Waals surface area contributed by atoms with E-state index in [1.54, 1.807) is 6.07 Å². The number of aliphatic hydroxyl groups excluding tert-OH is 1. The van der Waals surface area contributed by atoms with Crippen LogP contribution in [-0.2, 0) is 13.0 Å². The second kappa shape index (κ2) is 6.06. The van der Waals surface area contributed by atoms with Gasteiger partial charge in [0.25, 0.3) is 0 Å². The highest BCUT2D eigenvalue weighted by atomic mass is 16.5. The number of pyridine rings is 1. The average Bonchev–Trinajstić information content (AvgIpc) is 2.47. The number of hydrogen-bond acceptors (Lipinski definition) is 3. The average molecular weight is 271 g/mol. The smallest absolute Gasteiger partial charge is 0.219 e. The van der Waals surface area contributed by atoms with Gasteiger partial charge in [-0.3, -0.25) is 0 Å². The zero-order valence-electron chi connectivity index (χ0n) is 12.5. The van der Waals surface area contributed by atoms with E-state index in [1.165, 1.54) is 5.56 Å². The molecule has 3 heteroatoms. The van der Waals surface area contributed by atoms with Gasteiger partial charge in [0.1, 0.15) is 5.75 Å². The fourth-order valence-corrected chi connectivity index (χ4v) is 2.13. The number of nitrogens with zero attached hydrogens (tertiary/aromatic N) is 1. The molecule has 1 aromatic carbocycles. The molecule has 0 unspecified atom stereocenters. The number of rotatable bonds is 4. The van der Waals surface area contributed by atoms with E-state index >= 15 is 0 Å². The van der Waals surface area contributed by atoms with E-state index < -0.39 is 0 Å². The molecule has 0 amide bonds. The Kier molecular flexibility index (Phi) is 4.40. The van der Waals surface area contributed by atoms with Crippen LogP contribution < -0.4 is 4.74 Å². The van der Waals surface area contributed by atoms with E-state index in [4.69, 9.17) is 4.74 Å². The number of ether oxygens (including phenoxy) is 1. The molecule has 0 fully saturated rings. The topological polar surface area (TPSA) is 42.4 Å². The molecule has 1 aromatic heterocycles. The van der Waals surface area contributed by atoms with Gasteiger partial charge in [-0.25, -0.2) is 4.98 Å². The number of aryl methyl sites for hydroxylation is 3. The molecule has 1 N–H and O–H groups in total. The summed E-state index contributed by atoms with van der Waals surface area (Å²) < 4.78 is 5.98. The van der Waals surface area contributed by atoms with Crippen molar-refractivity contribution in [3.63, 3.8) is 0 Å². The predicted octanol–water partition coefficient (Wildman–Crippen LogP) is 3.85. The lowest BCUT2D eigenvalue weighted by molar-refractivity contribution is 0.280. The van der Waals surface area contributed by atoms with Crippen LogP contribution in [0.25, 0.3) is 0 Å². The maximum atomic E-state index is 9.32. The van der Waals surface area contributed by atoms with Gasteiger partial charge < -0.3 is 9.84 Å².